The summed E-state index contributed by atoms with van der Waals surface area (Å²) in [5.74, 6) is -0.734. The van der Waals surface area contributed by atoms with Gasteiger partial charge in [-0.2, -0.15) is 0 Å². The molecule has 0 aliphatic heterocycles. The molecule has 0 bridgehead atoms. The average molecular weight is 260 g/mol. The van der Waals surface area contributed by atoms with Gasteiger partial charge in [0.2, 0.25) is 11.5 Å². The highest BCUT2D eigenvalue weighted by Crippen LogP contribution is 2.09. The summed E-state index contributed by atoms with van der Waals surface area (Å²) in [5.41, 5.74) is 0.681. The zero-order chi connectivity index (χ0) is 13.8. The predicted molar refractivity (Wildman–Crippen MR) is 70.4 cm³/mol. The van der Waals surface area contributed by atoms with Gasteiger partial charge in [0.15, 0.2) is 0 Å². The Bertz CT molecular complexity index is 664. The van der Waals surface area contributed by atoms with Gasteiger partial charge in [-0.15, -0.1) is 0 Å². The summed E-state index contributed by atoms with van der Waals surface area (Å²) in [6.07, 6.45) is 1.47. The maximum Gasteiger partial charge on any atom is 0.250 e. The van der Waals surface area contributed by atoms with Crippen LogP contribution in [0.3, 0.4) is 0 Å². The van der Waals surface area contributed by atoms with E-state index in [-0.39, 0.29) is 17.9 Å². The number of hydrogen-bond acceptors (Lipinski definition) is 2. The Balaban J connectivity index is 2.07. The van der Waals surface area contributed by atoms with Gasteiger partial charge >= 0.3 is 0 Å². The fourth-order valence-corrected chi connectivity index (χ4v) is 1.69. The highest BCUT2D eigenvalue weighted by Gasteiger charge is 2.08. The number of anilines is 1. The summed E-state index contributed by atoms with van der Waals surface area (Å²) in [5, 5.41) is 2.62. The molecule has 0 saturated carbocycles. The number of nitrogens with one attached hydrogen (secondary N) is 1. The summed E-state index contributed by atoms with van der Waals surface area (Å²) < 4.78 is 14.7. The van der Waals surface area contributed by atoms with Gasteiger partial charge in [-0.1, -0.05) is 18.2 Å². The fourth-order valence-electron chi connectivity index (χ4n) is 1.69. The van der Waals surface area contributed by atoms with E-state index in [1.807, 2.05) is 0 Å². The van der Waals surface area contributed by atoms with Gasteiger partial charge in [-0.25, -0.2) is 4.39 Å². The predicted octanol–water partition coefficient (Wildman–Crippen LogP) is 1.71. The topological polar surface area (TPSA) is 51.1 Å². The standard InChI is InChI=1S/C14H13FN2O2/c1-17-9-11(6-7-14(17)19)16-13(18)8-10-4-2-3-5-12(10)15/h2-7,9H,8H2,1H3,(H,16,18). The minimum Gasteiger partial charge on any atom is -0.324 e. The molecule has 19 heavy (non-hydrogen) atoms. The number of aryl methyl sites for hydroxylation is 1. The van der Waals surface area contributed by atoms with E-state index in [9.17, 15) is 14.0 Å². The van der Waals surface area contributed by atoms with E-state index in [1.165, 1.54) is 29.0 Å². The lowest BCUT2D eigenvalue weighted by molar-refractivity contribution is -0.115. The minimum absolute atomic E-state index is 0.0461. The zero-order valence-corrected chi connectivity index (χ0v) is 10.4. The Hall–Kier alpha value is -2.43. The van der Waals surface area contributed by atoms with Gasteiger partial charge in [-0.05, 0) is 17.7 Å². The number of benzene rings is 1. The van der Waals surface area contributed by atoms with Crippen LogP contribution < -0.4 is 10.9 Å². The summed E-state index contributed by atoms with van der Waals surface area (Å²) in [6.45, 7) is 0. The van der Waals surface area contributed by atoms with Gasteiger partial charge in [0.25, 0.3) is 0 Å². The molecule has 1 aromatic heterocycles. The Kier molecular flexibility index (Phi) is 3.75. The Labute approximate surface area is 109 Å². The molecule has 0 fully saturated rings. The number of aromatic nitrogens is 1. The maximum absolute atomic E-state index is 13.4. The van der Waals surface area contributed by atoms with Crippen LogP contribution in [0.1, 0.15) is 5.56 Å². The quantitative estimate of drug-likeness (QED) is 0.913. The first kappa shape index (κ1) is 13.0. The summed E-state index contributed by atoms with van der Waals surface area (Å²) >= 11 is 0. The first-order valence-corrected chi connectivity index (χ1v) is 5.76. The molecule has 0 aliphatic rings. The number of hydrogen-bond donors (Lipinski definition) is 1. The highest BCUT2D eigenvalue weighted by molar-refractivity contribution is 5.92. The van der Waals surface area contributed by atoms with Gasteiger partial charge in [0.1, 0.15) is 5.82 Å². The lowest BCUT2D eigenvalue weighted by Crippen LogP contribution is -2.19. The molecule has 1 heterocycles. The second kappa shape index (κ2) is 5.48. The Morgan fingerprint density at radius 3 is 2.68 bits per heavy atom. The van der Waals surface area contributed by atoms with Crippen molar-refractivity contribution in [3.63, 3.8) is 0 Å². The van der Waals surface area contributed by atoms with Crippen LogP contribution >= 0.6 is 0 Å². The maximum atomic E-state index is 13.4. The second-order valence-electron chi connectivity index (χ2n) is 4.18. The summed E-state index contributed by atoms with van der Waals surface area (Å²) in [6, 6.07) is 9.01. The zero-order valence-electron chi connectivity index (χ0n) is 10.4. The van der Waals surface area contributed by atoms with Crippen LogP contribution in [0.2, 0.25) is 0 Å². The largest absolute Gasteiger partial charge is 0.324 e. The van der Waals surface area contributed by atoms with E-state index >= 15 is 0 Å². The summed E-state index contributed by atoms with van der Waals surface area (Å²) in [7, 11) is 1.59. The molecule has 98 valence electrons. The van der Waals surface area contributed by atoms with Crippen molar-refractivity contribution in [2.45, 2.75) is 6.42 Å². The number of pyridine rings is 1. The van der Waals surface area contributed by atoms with Gasteiger partial charge in [0.05, 0.1) is 12.1 Å². The molecule has 0 saturated heterocycles. The molecule has 2 rings (SSSR count). The molecular formula is C14H13FN2O2. The third-order valence-electron chi connectivity index (χ3n) is 2.68. The summed E-state index contributed by atoms with van der Waals surface area (Å²) in [4.78, 5) is 23.0. The van der Waals surface area contributed by atoms with Crippen molar-refractivity contribution < 1.29 is 9.18 Å². The normalized spacial score (nSPS) is 10.2. The van der Waals surface area contributed by atoms with E-state index in [0.29, 0.717) is 11.3 Å². The van der Waals surface area contributed by atoms with Gasteiger partial charge in [0, 0.05) is 19.3 Å². The Morgan fingerprint density at radius 1 is 1.26 bits per heavy atom. The number of amides is 1. The molecular weight excluding hydrogens is 247 g/mol. The first-order valence-electron chi connectivity index (χ1n) is 5.76. The molecule has 1 aromatic carbocycles. The number of nitrogens with zero attached hydrogens (tertiary/aromatic N) is 1. The van der Waals surface area contributed by atoms with Crippen molar-refractivity contribution >= 4 is 11.6 Å². The third-order valence-corrected chi connectivity index (χ3v) is 2.68. The van der Waals surface area contributed by atoms with Crippen molar-refractivity contribution in [2.75, 3.05) is 5.32 Å². The van der Waals surface area contributed by atoms with Crippen LogP contribution in [0.25, 0.3) is 0 Å². The monoisotopic (exact) mass is 260 g/mol. The highest BCUT2D eigenvalue weighted by atomic mass is 19.1. The van der Waals surface area contributed by atoms with Crippen molar-refractivity contribution in [2.24, 2.45) is 7.05 Å². The molecule has 1 N–H and O–H groups in total. The number of rotatable bonds is 3. The molecule has 0 atom stereocenters. The molecule has 1 amide bonds. The molecule has 0 spiro atoms. The van der Waals surface area contributed by atoms with Crippen molar-refractivity contribution in [1.82, 2.24) is 4.57 Å². The van der Waals surface area contributed by atoms with E-state index in [4.69, 9.17) is 0 Å². The van der Waals surface area contributed by atoms with E-state index in [2.05, 4.69) is 5.32 Å². The molecule has 4 nitrogen and oxygen atoms in total. The lowest BCUT2D eigenvalue weighted by Gasteiger charge is -2.07. The Morgan fingerprint density at radius 2 is 2.00 bits per heavy atom. The fraction of sp³-hybridized carbons (Fsp3) is 0.143. The molecule has 0 aliphatic carbocycles. The number of carbonyl (C=O) groups excluding carboxylic acids is 1. The SMILES string of the molecule is Cn1cc(NC(=O)Cc2ccccc2F)ccc1=O. The van der Waals surface area contributed by atoms with Crippen LogP contribution in [0, 0.1) is 5.82 Å². The van der Waals surface area contributed by atoms with Crippen LogP contribution in [0.15, 0.2) is 47.4 Å². The lowest BCUT2D eigenvalue weighted by atomic mass is 10.1. The molecule has 0 radical (unpaired) electrons. The van der Waals surface area contributed by atoms with Gasteiger partial charge in [-0.3, -0.25) is 9.59 Å². The number of carbonyl (C=O) groups is 1. The van der Waals surface area contributed by atoms with Crippen molar-refractivity contribution in [1.29, 1.82) is 0 Å². The van der Waals surface area contributed by atoms with Gasteiger partial charge < -0.3 is 9.88 Å². The van der Waals surface area contributed by atoms with E-state index in [0.717, 1.165) is 0 Å². The average Bonchev–Trinajstić information content (AvgIpc) is 2.37. The van der Waals surface area contributed by atoms with Crippen LogP contribution in [0.5, 0.6) is 0 Å². The van der Waals surface area contributed by atoms with Crippen LogP contribution in [-0.4, -0.2) is 10.5 Å². The first-order chi connectivity index (χ1) is 9.06. The number of halogens is 1. The van der Waals surface area contributed by atoms with Crippen LogP contribution in [-0.2, 0) is 18.3 Å². The van der Waals surface area contributed by atoms with Crippen molar-refractivity contribution in [3.05, 3.63) is 64.3 Å². The van der Waals surface area contributed by atoms with Crippen LogP contribution in [0.4, 0.5) is 10.1 Å². The van der Waals surface area contributed by atoms with Crippen molar-refractivity contribution in [3.8, 4) is 0 Å². The molecule has 2 aromatic rings. The third kappa shape index (κ3) is 3.28. The van der Waals surface area contributed by atoms with E-state index < -0.39 is 5.82 Å². The second-order valence-corrected chi connectivity index (χ2v) is 4.18. The molecule has 0 unspecified atom stereocenters. The molecule has 5 heteroatoms. The smallest absolute Gasteiger partial charge is 0.250 e. The van der Waals surface area contributed by atoms with E-state index in [1.54, 1.807) is 25.2 Å². The minimum atomic E-state index is -0.405.